The largest absolute Gasteiger partial charge is 0.456 e. The van der Waals surface area contributed by atoms with Gasteiger partial charge < -0.3 is 4.74 Å². The monoisotopic (exact) mass is 260 g/mol. The summed E-state index contributed by atoms with van der Waals surface area (Å²) in [7, 11) is 0. The highest BCUT2D eigenvalue weighted by Gasteiger charge is 2.06. The number of halogens is 1. The molecule has 18 heavy (non-hydrogen) atoms. The fourth-order valence-corrected chi connectivity index (χ4v) is 1.94. The van der Waals surface area contributed by atoms with Crippen molar-refractivity contribution in [3.05, 3.63) is 58.1 Å². The topological polar surface area (TPSA) is 9.23 Å². The molecule has 0 amide bonds. The Hall–Kier alpha value is -1.47. The number of hydrogen-bond acceptors (Lipinski definition) is 1. The summed E-state index contributed by atoms with van der Waals surface area (Å²) in [5, 5.41) is 0.646. The number of aryl methyl sites for hydroxylation is 3. The molecule has 0 aliphatic rings. The second-order valence-corrected chi connectivity index (χ2v) is 4.90. The number of benzene rings is 2. The van der Waals surface area contributed by atoms with Gasteiger partial charge in [-0.3, -0.25) is 0 Å². The van der Waals surface area contributed by atoms with E-state index in [1.165, 1.54) is 11.1 Å². The maximum atomic E-state index is 6.17. The van der Waals surface area contributed by atoms with Crippen molar-refractivity contribution in [2.45, 2.75) is 27.2 Å². The Morgan fingerprint density at radius 3 is 2.50 bits per heavy atom. The first-order chi connectivity index (χ1) is 8.60. The summed E-state index contributed by atoms with van der Waals surface area (Å²) in [4.78, 5) is 0. The lowest BCUT2D eigenvalue weighted by Crippen LogP contribution is -1.91. The van der Waals surface area contributed by atoms with Gasteiger partial charge in [0.25, 0.3) is 0 Å². The first-order valence-electron chi connectivity index (χ1n) is 6.13. The van der Waals surface area contributed by atoms with Crippen LogP contribution >= 0.6 is 11.6 Å². The van der Waals surface area contributed by atoms with Crippen LogP contribution in [0, 0.1) is 13.8 Å². The summed E-state index contributed by atoms with van der Waals surface area (Å²) in [6.45, 7) is 6.20. The van der Waals surface area contributed by atoms with Crippen molar-refractivity contribution in [1.29, 1.82) is 0 Å². The van der Waals surface area contributed by atoms with E-state index in [0.29, 0.717) is 5.02 Å². The second-order valence-electron chi connectivity index (χ2n) is 4.49. The normalized spacial score (nSPS) is 10.4. The fraction of sp³-hybridized carbons (Fsp3) is 0.250. The summed E-state index contributed by atoms with van der Waals surface area (Å²) in [6.07, 6.45) is 0.973. The highest BCUT2D eigenvalue weighted by molar-refractivity contribution is 6.32. The molecule has 2 aromatic carbocycles. The zero-order valence-electron chi connectivity index (χ0n) is 11.0. The van der Waals surface area contributed by atoms with Crippen molar-refractivity contribution in [2.24, 2.45) is 0 Å². The molecule has 0 bridgehead atoms. The summed E-state index contributed by atoms with van der Waals surface area (Å²) >= 11 is 6.17. The molecule has 0 atom stereocenters. The van der Waals surface area contributed by atoms with E-state index >= 15 is 0 Å². The van der Waals surface area contributed by atoms with Crippen LogP contribution in [-0.2, 0) is 6.42 Å². The predicted molar refractivity (Wildman–Crippen MR) is 76.8 cm³/mol. The van der Waals surface area contributed by atoms with Crippen molar-refractivity contribution < 1.29 is 4.74 Å². The van der Waals surface area contributed by atoms with Crippen LogP contribution in [0.15, 0.2) is 36.4 Å². The molecule has 0 heterocycles. The van der Waals surface area contributed by atoms with Crippen molar-refractivity contribution in [3.63, 3.8) is 0 Å². The van der Waals surface area contributed by atoms with E-state index in [-0.39, 0.29) is 0 Å². The van der Waals surface area contributed by atoms with E-state index in [2.05, 4.69) is 26.0 Å². The van der Waals surface area contributed by atoms with Crippen molar-refractivity contribution in [3.8, 4) is 11.5 Å². The Morgan fingerprint density at radius 1 is 1.00 bits per heavy atom. The molecule has 2 aromatic rings. The average molecular weight is 261 g/mol. The quantitative estimate of drug-likeness (QED) is 0.727. The highest BCUT2D eigenvalue weighted by Crippen LogP contribution is 2.32. The molecule has 0 saturated heterocycles. The van der Waals surface area contributed by atoms with Gasteiger partial charge in [-0.15, -0.1) is 0 Å². The van der Waals surface area contributed by atoms with Gasteiger partial charge in [-0.05, 0) is 55.2 Å². The lowest BCUT2D eigenvalue weighted by molar-refractivity contribution is 0.478. The first kappa shape index (κ1) is 13.0. The number of hydrogen-bond donors (Lipinski definition) is 0. The van der Waals surface area contributed by atoms with Gasteiger partial charge in [0.1, 0.15) is 11.5 Å². The van der Waals surface area contributed by atoms with Gasteiger partial charge in [-0.25, -0.2) is 0 Å². The molecule has 2 rings (SSSR count). The zero-order valence-corrected chi connectivity index (χ0v) is 11.7. The van der Waals surface area contributed by atoms with E-state index in [0.717, 1.165) is 23.5 Å². The maximum Gasteiger partial charge on any atom is 0.146 e. The molecule has 0 saturated carbocycles. The number of rotatable bonds is 3. The molecular weight excluding hydrogens is 244 g/mol. The molecule has 94 valence electrons. The molecule has 1 nitrogen and oxygen atoms in total. The van der Waals surface area contributed by atoms with Gasteiger partial charge in [-0.2, -0.15) is 0 Å². The summed E-state index contributed by atoms with van der Waals surface area (Å²) in [5.41, 5.74) is 3.51. The van der Waals surface area contributed by atoms with Crippen LogP contribution < -0.4 is 4.74 Å². The lowest BCUT2D eigenvalue weighted by Gasteiger charge is -2.12. The van der Waals surface area contributed by atoms with Crippen molar-refractivity contribution >= 4 is 11.6 Å². The van der Waals surface area contributed by atoms with Gasteiger partial charge in [0, 0.05) is 0 Å². The van der Waals surface area contributed by atoms with Gasteiger partial charge in [0.05, 0.1) is 5.02 Å². The summed E-state index contributed by atoms with van der Waals surface area (Å²) in [5.74, 6) is 1.59. The summed E-state index contributed by atoms with van der Waals surface area (Å²) in [6, 6.07) is 12.1. The molecule has 0 fully saturated rings. The SMILES string of the molecule is CCc1ccc(Cl)c(Oc2cc(C)ccc2C)c1. The van der Waals surface area contributed by atoms with E-state index < -0.39 is 0 Å². The van der Waals surface area contributed by atoms with Crippen molar-refractivity contribution in [2.75, 3.05) is 0 Å². The highest BCUT2D eigenvalue weighted by atomic mass is 35.5. The number of ether oxygens (including phenoxy) is 1. The van der Waals surface area contributed by atoms with E-state index in [1.807, 2.05) is 31.2 Å². The van der Waals surface area contributed by atoms with Crippen LogP contribution in [0.5, 0.6) is 11.5 Å². The molecule has 0 unspecified atom stereocenters. The van der Waals surface area contributed by atoms with Crippen LogP contribution in [0.25, 0.3) is 0 Å². The Bertz CT molecular complexity index is 561. The third kappa shape index (κ3) is 2.85. The molecule has 0 N–H and O–H groups in total. The maximum absolute atomic E-state index is 6.17. The van der Waals surface area contributed by atoms with Crippen molar-refractivity contribution in [1.82, 2.24) is 0 Å². The van der Waals surface area contributed by atoms with Gasteiger partial charge in [0.2, 0.25) is 0 Å². The Morgan fingerprint density at radius 2 is 1.78 bits per heavy atom. The van der Waals surface area contributed by atoms with E-state index in [4.69, 9.17) is 16.3 Å². The second kappa shape index (κ2) is 5.45. The molecule has 0 spiro atoms. The average Bonchev–Trinajstić information content (AvgIpc) is 2.36. The molecule has 0 aliphatic carbocycles. The Kier molecular flexibility index (Phi) is 3.93. The minimum absolute atomic E-state index is 0.646. The van der Waals surface area contributed by atoms with Crippen LogP contribution in [0.2, 0.25) is 5.02 Å². The van der Waals surface area contributed by atoms with Gasteiger partial charge >= 0.3 is 0 Å². The molecular formula is C16H17ClO. The fourth-order valence-electron chi connectivity index (χ4n) is 1.78. The van der Waals surface area contributed by atoms with Crippen LogP contribution in [0.3, 0.4) is 0 Å². The predicted octanol–water partition coefficient (Wildman–Crippen LogP) is 5.31. The minimum atomic E-state index is 0.646. The van der Waals surface area contributed by atoms with Gasteiger partial charge in [-0.1, -0.05) is 36.7 Å². The van der Waals surface area contributed by atoms with Crippen LogP contribution in [0.1, 0.15) is 23.6 Å². The third-order valence-electron chi connectivity index (χ3n) is 2.97. The zero-order chi connectivity index (χ0) is 13.1. The standard InChI is InChI=1S/C16H17ClO/c1-4-13-7-8-14(17)16(10-13)18-15-9-11(2)5-6-12(15)3/h5-10H,4H2,1-3H3. The molecule has 2 heteroatoms. The van der Waals surface area contributed by atoms with Gasteiger partial charge in [0.15, 0.2) is 0 Å². The molecule has 0 aromatic heterocycles. The van der Waals surface area contributed by atoms with Crippen LogP contribution in [-0.4, -0.2) is 0 Å². The smallest absolute Gasteiger partial charge is 0.146 e. The lowest BCUT2D eigenvalue weighted by atomic mass is 10.1. The minimum Gasteiger partial charge on any atom is -0.456 e. The summed E-state index contributed by atoms with van der Waals surface area (Å²) < 4.78 is 5.93. The molecule has 0 aliphatic heterocycles. The third-order valence-corrected chi connectivity index (χ3v) is 3.28. The first-order valence-corrected chi connectivity index (χ1v) is 6.51. The van der Waals surface area contributed by atoms with Crippen LogP contribution in [0.4, 0.5) is 0 Å². The van der Waals surface area contributed by atoms with E-state index in [1.54, 1.807) is 0 Å². The van der Waals surface area contributed by atoms with E-state index in [9.17, 15) is 0 Å². The Balaban J connectivity index is 2.36. The molecule has 0 radical (unpaired) electrons. The Labute approximate surface area is 113 Å².